The van der Waals surface area contributed by atoms with E-state index in [0.717, 1.165) is 26.7 Å². The number of rotatable bonds is 6. The molecule has 0 radical (unpaired) electrons. The van der Waals surface area contributed by atoms with Crippen LogP contribution in [0.3, 0.4) is 0 Å². The van der Waals surface area contributed by atoms with Crippen LogP contribution >= 0.6 is 0 Å². The minimum absolute atomic E-state index is 0.00685. The number of nitrogens with zero attached hydrogens (tertiary/aromatic N) is 2. The quantitative estimate of drug-likeness (QED) is 0.319. The molecule has 0 spiro atoms. The van der Waals surface area contributed by atoms with E-state index in [9.17, 15) is 13.6 Å². The maximum absolute atomic E-state index is 13.4. The molecule has 0 amide bonds. The number of methoxy groups -OCH3 is 1. The van der Waals surface area contributed by atoms with Gasteiger partial charge in [-0.1, -0.05) is 30.3 Å². The summed E-state index contributed by atoms with van der Waals surface area (Å²) < 4.78 is 37.9. The fraction of sp³-hybridized carbons (Fsp3) is 0.130. The van der Waals surface area contributed by atoms with Gasteiger partial charge in [0.2, 0.25) is 0 Å². The van der Waals surface area contributed by atoms with Crippen molar-refractivity contribution in [3.8, 4) is 5.75 Å². The molecule has 0 N–H and O–H groups in total. The lowest BCUT2D eigenvalue weighted by Crippen LogP contribution is -2.09. The molecule has 0 aliphatic carbocycles. The largest absolute Gasteiger partial charge is 0.497 e. The van der Waals surface area contributed by atoms with Gasteiger partial charge in [-0.15, -0.1) is 0 Å². The molecule has 30 heavy (non-hydrogen) atoms. The van der Waals surface area contributed by atoms with E-state index < -0.39 is 12.5 Å². The first-order valence-corrected chi connectivity index (χ1v) is 9.22. The van der Waals surface area contributed by atoms with Gasteiger partial charge in [0.05, 0.1) is 18.1 Å². The number of esters is 1. The Morgan fingerprint density at radius 3 is 2.67 bits per heavy atom. The molecule has 0 unspecified atom stereocenters. The van der Waals surface area contributed by atoms with Gasteiger partial charge in [-0.2, -0.15) is 8.78 Å². The van der Waals surface area contributed by atoms with Crippen LogP contribution in [0.4, 0.5) is 8.78 Å². The number of para-hydroxylation sites is 2. The third-order valence-electron chi connectivity index (χ3n) is 4.69. The Hall–Kier alpha value is -3.74. The summed E-state index contributed by atoms with van der Waals surface area (Å²) in [6.07, 6.45) is 2.88. The van der Waals surface area contributed by atoms with Gasteiger partial charge >= 0.3 is 12.5 Å². The molecule has 0 aliphatic heterocycles. The Kier molecular flexibility index (Phi) is 5.43. The van der Waals surface area contributed by atoms with Crippen LogP contribution in [0.2, 0.25) is 0 Å². The molecule has 4 rings (SSSR count). The van der Waals surface area contributed by atoms with E-state index in [4.69, 9.17) is 9.47 Å². The third-order valence-corrected chi connectivity index (χ3v) is 4.69. The van der Waals surface area contributed by atoms with Gasteiger partial charge in [0.25, 0.3) is 0 Å². The van der Waals surface area contributed by atoms with Gasteiger partial charge in [0.1, 0.15) is 12.4 Å². The topological polar surface area (TPSA) is 53.4 Å². The van der Waals surface area contributed by atoms with E-state index in [1.165, 1.54) is 6.08 Å². The Morgan fingerprint density at radius 1 is 1.10 bits per heavy atom. The number of aromatic nitrogens is 2. The summed E-state index contributed by atoms with van der Waals surface area (Å²) in [5.74, 6) is 0.120. The normalized spacial score (nSPS) is 11.6. The molecule has 1 aromatic heterocycles. The van der Waals surface area contributed by atoms with E-state index in [0.29, 0.717) is 11.0 Å². The van der Waals surface area contributed by atoms with Gasteiger partial charge in [0, 0.05) is 6.08 Å². The number of carbonyl (C=O) groups is 1. The summed E-state index contributed by atoms with van der Waals surface area (Å²) in [7, 11) is 1.61. The van der Waals surface area contributed by atoms with E-state index >= 15 is 0 Å². The lowest BCUT2D eigenvalue weighted by molar-refractivity contribution is -0.139. The second-order valence-electron chi connectivity index (χ2n) is 6.58. The van der Waals surface area contributed by atoms with Crippen LogP contribution in [0.1, 0.15) is 17.9 Å². The van der Waals surface area contributed by atoms with Crippen molar-refractivity contribution in [1.82, 2.24) is 9.55 Å². The molecule has 0 saturated carbocycles. The Labute approximate surface area is 171 Å². The highest BCUT2D eigenvalue weighted by molar-refractivity contribution is 5.90. The van der Waals surface area contributed by atoms with Gasteiger partial charge in [-0.3, -0.25) is 4.57 Å². The zero-order valence-corrected chi connectivity index (χ0v) is 16.1. The van der Waals surface area contributed by atoms with Gasteiger partial charge in [-0.05, 0) is 52.7 Å². The Balaban J connectivity index is 1.46. The van der Waals surface area contributed by atoms with Crippen molar-refractivity contribution in [2.75, 3.05) is 7.11 Å². The molecule has 0 bridgehead atoms. The van der Waals surface area contributed by atoms with Crippen LogP contribution in [0.15, 0.2) is 66.7 Å². The minimum atomic E-state index is -2.78. The maximum atomic E-state index is 13.4. The molecule has 0 atom stereocenters. The SMILES string of the molecule is COc1ccc2cc(/C=C/C(=O)OCc3nc4ccccc4n3C(F)F)ccc2c1. The molecular weight excluding hydrogens is 390 g/mol. The van der Waals surface area contributed by atoms with Crippen molar-refractivity contribution < 1.29 is 23.0 Å². The predicted molar refractivity (Wildman–Crippen MR) is 110 cm³/mol. The van der Waals surface area contributed by atoms with Crippen LogP contribution in [0.25, 0.3) is 27.9 Å². The Bertz CT molecular complexity index is 1250. The van der Waals surface area contributed by atoms with Crippen LogP contribution in [0.5, 0.6) is 5.75 Å². The lowest BCUT2D eigenvalue weighted by Gasteiger charge is -2.07. The minimum Gasteiger partial charge on any atom is -0.497 e. The first-order valence-electron chi connectivity index (χ1n) is 9.22. The molecule has 0 fully saturated rings. The predicted octanol–water partition coefficient (Wildman–Crippen LogP) is 5.35. The zero-order valence-electron chi connectivity index (χ0n) is 16.1. The van der Waals surface area contributed by atoms with Crippen molar-refractivity contribution in [2.45, 2.75) is 13.2 Å². The fourth-order valence-electron chi connectivity index (χ4n) is 3.23. The number of imidazole rings is 1. The monoisotopic (exact) mass is 408 g/mol. The number of hydrogen-bond acceptors (Lipinski definition) is 4. The van der Waals surface area contributed by atoms with Gasteiger partial charge in [0.15, 0.2) is 5.82 Å². The molecule has 152 valence electrons. The van der Waals surface area contributed by atoms with E-state index in [2.05, 4.69) is 4.98 Å². The van der Waals surface area contributed by atoms with E-state index in [1.807, 2.05) is 36.4 Å². The van der Waals surface area contributed by atoms with Gasteiger partial charge in [-0.25, -0.2) is 9.78 Å². The summed E-state index contributed by atoms with van der Waals surface area (Å²) in [5, 5.41) is 2.01. The van der Waals surface area contributed by atoms with Crippen LogP contribution in [0, 0.1) is 0 Å². The van der Waals surface area contributed by atoms with Crippen LogP contribution in [-0.2, 0) is 16.1 Å². The summed E-state index contributed by atoms with van der Waals surface area (Å²) in [4.78, 5) is 16.2. The number of ether oxygens (including phenoxy) is 2. The Morgan fingerprint density at radius 2 is 1.87 bits per heavy atom. The van der Waals surface area contributed by atoms with Crippen molar-refractivity contribution in [3.63, 3.8) is 0 Å². The van der Waals surface area contributed by atoms with Crippen LogP contribution in [-0.4, -0.2) is 22.6 Å². The number of hydrogen-bond donors (Lipinski definition) is 0. The number of halogens is 2. The summed E-state index contributed by atoms with van der Waals surface area (Å²) in [5.41, 5.74) is 1.53. The lowest BCUT2D eigenvalue weighted by atomic mass is 10.1. The standard InChI is InChI=1S/C23H18F2N2O3/c1-29-18-10-9-16-12-15(6-8-17(16)13-18)7-11-22(28)30-14-21-26-19-4-2-3-5-20(19)27(21)23(24)25/h2-13,23H,14H2,1H3/b11-7+. The first kappa shape index (κ1) is 19.6. The summed E-state index contributed by atoms with van der Waals surface area (Å²) in [6, 6.07) is 18.0. The smallest absolute Gasteiger partial charge is 0.331 e. The summed E-state index contributed by atoms with van der Waals surface area (Å²) >= 11 is 0. The third kappa shape index (κ3) is 4.00. The highest BCUT2D eigenvalue weighted by atomic mass is 19.3. The number of benzene rings is 3. The number of carbonyl (C=O) groups excluding carboxylic acids is 1. The number of fused-ring (bicyclic) bond motifs is 2. The second-order valence-corrected chi connectivity index (χ2v) is 6.58. The average Bonchev–Trinajstić information content (AvgIpc) is 3.14. The molecule has 5 nitrogen and oxygen atoms in total. The van der Waals surface area contributed by atoms with Crippen molar-refractivity contribution >= 4 is 33.9 Å². The van der Waals surface area contributed by atoms with Crippen LogP contribution < -0.4 is 4.74 Å². The molecule has 7 heteroatoms. The average molecular weight is 408 g/mol. The van der Waals surface area contributed by atoms with Crippen molar-refractivity contribution in [3.05, 3.63) is 78.1 Å². The highest BCUT2D eigenvalue weighted by Gasteiger charge is 2.18. The maximum Gasteiger partial charge on any atom is 0.331 e. The van der Waals surface area contributed by atoms with Crippen molar-refractivity contribution in [2.24, 2.45) is 0 Å². The highest BCUT2D eigenvalue weighted by Crippen LogP contribution is 2.24. The zero-order chi connectivity index (χ0) is 21.1. The fourth-order valence-corrected chi connectivity index (χ4v) is 3.23. The second kappa shape index (κ2) is 8.32. The van der Waals surface area contributed by atoms with Crippen molar-refractivity contribution in [1.29, 1.82) is 0 Å². The number of alkyl halides is 2. The van der Waals surface area contributed by atoms with E-state index in [-0.39, 0.29) is 12.4 Å². The molecule has 4 aromatic rings. The molecule has 0 saturated heterocycles. The molecule has 1 heterocycles. The summed E-state index contributed by atoms with van der Waals surface area (Å²) in [6.45, 7) is -3.13. The first-order chi connectivity index (χ1) is 14.5. The molecule has 3 aromatic carbocycles. The molecule has 0 aliphatic rings. The van der Waals surface area contributed by atoms with E-state index in [1.54, 1.807) is 37.5 Å². The molecular formula is C23H18F2N2O3. The van der Waals surface area contributed by atoms with Gasteiger partial charge < -0.3 is 9.47 Å².